The molecule has 1 fully saturated rings. The van der Waals surface area contributed by atoms with E-state index in [1.54, 1.807) is 7.05 Å². The van der Waals surface area contributed by atoms with Crippen molar-refractivity contribution < 1.29 is 4.79 Å². The fraction of sp³-hybridized carbons (Fsp3) is 0.556. The summed E-state index contributed by atoms with van der Waals surface area (Å²) in [6.45, 7) is 7.39. The Labute approximate surface area is 172 Å². The number of rotatable bonds is 4. The summed E-state index contributed by atoms with van der Waals surface area (Å²) >= 11 is 2.02. The number of halogens is 1. The Hall–Kier alpha value is -0.960. The van der Waals surface area contributed by atoms with E-state index in [0.717, 1.165) is 43.3 Å². The largest absolute Gasteiger partial charge is 0.356 e. The first-order valence-corrected chi connectivity index (χ1v) is 9.34. The summed E-state index contributed by atoms with van der Waals surface area (Å²) in [5.41, 5.74) is 1.85. The van der Waals surface area contributed by atoms with Gasteiger partial charge >= 0.3 is 0 Å². The van der Waals surface area contributed by atoms with Crippen molar-refractivity contribution in [2.24, 2.45) is 4.99 Å². The van der Waals surface area contributed by atoms with Gasteiger partial charge in [0, 0.05) is 49.8 Å². The van der Waals surface area contributed by atoms with Gasteiger partial charge in [-0.2, -0.15) is 11.8 Å². The number of carbonyl (C=O) groups is 1. The monoisotopic (exact) mass is 476 g/mol. The highest BCUT2D eigenvalue weighted by molar-refractivity contribution is 14.0. The normalized spacial score (nSPS) is 16.8. The van der Waals surface area contributed by atoms with Gasteiger partial charge in [-0.15, -0.1) is 24.0 Å². The van der Waals surface area contributed by atoms with Gasteiger partial charge < -0.3 is 15.5 Å². The van der Waals surface area contributed by atoms with Crippen LogP contribution in [-0.4, -0.2) is 61.0 Å². The molecule has 0 saturated carbocycles. The van der Waals surface area contributed by atoms with E-state index in [-0.39, 0.29) is 34.6 Å². The molecular weight excluding hydrogens is 447 g/mol. The van der Waals surface area contributed by atoms with Crippen LogP contribution in [0.1, 0.15) is 29.8 Å². The molecule has 1 aromatic carbocycles. The number of carbonyl (C=O) groups excluding carboxylic acids is 1. The van der Waals surface area contributed by atoms with Crippen molar-refractivity contribution >= 4 is 47.6 Å². The van der Waals surface area contributed by atoms with E-state index in [9.17, 15) is 4.79 Å². The molecule has 0 atom stereocenters. The molecule has 0 radical (unpaired) electrons. The third-order valence-electron chi connectivity index (χ3n) is 4.05. The van der Waals surface area contributed by atoms with Crippen LogP contribution in [-0.2, 0) is 6.42 Å². The quantitative estimate of drug-likeness (QED) is 0.399. The lowest BCUT2D eigenvalue weighted by molar-refractivity contribution is 0.0963. The first-order valence-electron chi connectivity index (χ1n) is 8.36. The van der Waals surface area contributed by atoms with E-state index >= 15 is 0 Å². The highest BCUT2D eigenvalue weighted by Crippen LogP contribution is 2.29. The summed E-state index contributed by atoms with van der Waals surface area (Å²) in [5.74, 6) is 2.04. The van der Waals surface area contributed by atoms with Gasteiger partial charge in [-0.25, -0.2) is 0 Å². The van der Waals surface area contributed by atoms with Crippen molar-refractivity contribution in [3.05, 3.63) is 35.4 Å². The molecule has 1 aromatic rings. The number of hydrogen-bond acceptors (Lipinski definition) is 3. The minimum atomic E-state index is -0.0475. The number of hydrogen-bond donors (Lipinski definition) is 2. The topological polar surface area (TPSA) is 56.7 Å². The van der Waals surface area contributed by atoms with Crippen LogP contribution in [0.4, 0.5) is 0 Å². The van der Waals surface area contributed by atoms with Crippen molar-refractivity contribution in [3.63, 3.8) is 0 Å². The summed E-state index contributed by atoms with van der Waals surface area (Å²) < 4.78 is 0.262. The Balaban J connectivity index is 0.00000312. The molecule has 1 aliphatic rings. The zero-order valence-electron chi connectivity index (χ0n) is 15.5. The number of amides is 1. The van der Waals surface area contributed by atoms with Crippen LogP contribution in [0.25, 0.3) is 0 Å². The zero-order chi connectivity index (χ0) is 17.6. The number of thioether (sulfide) groups is 1. The summed E-state index contributed by atoms with van der Waals surface area (Å²) in [7, 11) is 3.49. The Morgan fingerprint density at radius 2 is 2.16 bits per heavy atom. The van der Waals surface area contributed by atoms with Gasteiger partial charge in [0.1, 0.15) is 0 Å². The van der Waals surface area contributed by atoms with Gasteiger partial charge in [-0.1, -0.05) is 12.1 Å². The first-order chi connectivity index (χ1) is 11.4. The van der Waals surface area contributed by atoms with Gasteiger partial charge in [0.05, 0.1) is 0 Å². The Bertz CT molecular complexity index is 606. The average Bonchev–Trinajstić information content (AvgIpc) is 2.57. The van der Waals surface area contributed by atoms with Crippen LogP contribution >= 0.6 is 35.7 Å². The van der Waals surface area contributed by atoms with Crippen molar-refractivity contribution in [1.29, 1.82) is 0 Å². The van der Waals surface area contributed by atoms with Crippen LogP contribution in [0.3, 0.4) is 0 Å². The molecule has 7 heteroatoms. The summed E-state index contributed by atoms with van der Waals surface area (Å²) in [6.07, 6.45) is 0.857. The Morgan fingerprint density at radius 3 is 2.80 bits per heavy atom. The predicted octanol–water partition coefficient (Wildman–Crippen LogP) is 2.61. The van der Waals surface area contributed by atoms with Crippen molar-refractivity contribution in [3.8, 4) is 0 Å². The van der Waals surface area contributed by atoms with E-state index in [4.69, 9.17) is 0 Å². The standard InChI is InChI=1S/C18H28N4OS.HI/c1-18(2)13-22(10-11-24-18)17(20-4)21-9-8-14-6-5-7-15(12-14)16(23)19-3;/h5-7,12H,8-11,13H2,1-4H3,(H,19,23)(H,20,21);1H. The van der Waals surface area contributed by atoms with Gasteiger partial charge in [0.2, 0.25) is 0 Å². The van der Waals surface area contributed by atoms with Crippen molar-refractivity contribution in [2.75, 3.05) is 39.5 Å². The fourth-order valence-corrected chi connectivity index (χ4v) is 3.97. The van der Waals surface area contributed by atoms with Crippen LogP contribution < -0.4 is 10.6 Å². The molecule has 2 N–H and O–H groups in total. The fourth-order valence-electron chi connectivity index (χ4n) is 2.86. The third-order valence-corrected chi connectivity index (χ3v) is 5.35. The minimum absolute atomic E-state index is 0. The molecule has 2 rings (SSSR count). The molecule has 0 aliphatic carbocycles. The SMILES string of the molecule is CN=C(NCCc1cccc(C(=O)NC)c1)N1CCSC(C)(C)C1.I. The summed E-state index contributed by atoms with van der Waals surface area (Å²) in [4.78, 5) is 18.5. The third kappa shape index (κ3) is 6.69. The minimum Gasteiger partial charge on any atom is -0.356 e. The number of nitrogens with one attached hydrogen (secondary N) is 2. The number of benzene rings is 1. The number of nitrogens with zero attached hydrogens (tertiary/aromatic N) is 2. The Kier molecular flexibility index (Phi) is 9.06. The zero-order valence-corrected chi connectivity index (χ0v) is 18.6. The molecule has 0 bridgehead atoms. The molecule has 1 aliphatic heterocycles. The van der Waals surface area contributed by atoms with E-state index < -0.39 is 0 Å². The van der Waals surface area contributed by atoms with Gasteiger partial charge in [0.25, 0.3) is 5.91 Å². The molecule has 0 spiro atoms. The smallest absolute Gasteiger partial charge is 0.251 e. The molecule has 1 amide bonds. The maximum atomic E-state index is 11.7. The maximum Gasteiger partial charge on any atom is 0.251 e. The number of aliphatic imine (C=N–C) groups is 1. The highest BCUT2D eigenvalue weighted by atomic mass is 127. The van der Waals surface area contributed by atoms with Crippen LogP contribution in [0.5, 0.6) is 0 Å². The molecule has 0 unspecified atom stereocenters. The van der Waals surface area contributed by atoms with E-state index in [1.165, 1.54) is 0 Å². The average molecular weight is 476 g/mol. The lowest BCUT2D eigenvalue weighted by Gasteiger charge is -2.39. The lowest BCUT2D eigenvalue weighted by Crippen LogP contribution is -2.51. The molecule has 5 nitrogen and oxygen atoms in total. The second-order valence-electron chi connectivity index (χ2n) is 6.53. The summed E-state index contributed by atoms with van der Waals surface area (Å²) in [6, 6.07) is 7.77. The molecule has 1 heterocycles. The Morgan fingerprint density at radius 1 is 1.40 bits per heavy atom. The van der Waals surface area contributed by atoms with Gasteiger partial charge in [-0.05, 0) is 38.0 Å². The van der Waals surface area contributed by atoms with E-state index in [0.29, 0.717) is 5.56 Å². The molecule has 25 heavy (non-hydrogen) atoms. The van der Waals surface area contributed by atoms with Crippen LogP contribution in [0, 0.1) is 0 Å². The molecule has 1 saturated heterocycles. The molecule has 140 valence electrons. The van der Waals surface area contributed by atoms with Gasteiger partial charge in [0.15, 0.2) is 5.96 Å². The van der Waals surface area contributed by atoms with Crippen LogP contribution in [0.2, 0.25) is 0 Å². The van der Waals surface area contributed by atoms with Crippen LogP contribution in [0.15, 0.2) is 29.3 Å². The van der Waals surface area contributed by atoms with E-state index in [2.05, 4.69) is 40.4 Å². The lowest BCUT2D eigenvalue weighted by atomic mass is 10.1. The van der Waals surface area contributed by atoms with Crippen molar-refractivity contribution in [1.82, 2.24) is 15.5 Å². The second-order valence-corrected chi connectivity index (χ2v) is 8.34. The molecular formula is C18H29IN4OS. The highest BCUT2D eigenvalue weighted by Gasteiger charge is 2.28. The number of guanidine groups is 1. The predicted molar refractivity (Wildman–Crippen MR) is 118 cm³/mol. The maximum absolute atomic E-state index is 11.7. The van der Waals surface area contributed by atoms with Crippen molar-refractivity contribution in [2.45, 2.75) is 25.0 Å². The first kappa shape index (κ1) is 22.1. The summed E-state index contributed by atoms with van der Waals surface area (Å²) in [5, 5.41) is 6.11. The molecule has 0 aromatic heterocycles. The van der Waals surface area contributed by atoms with E-state index in [1.807, 2.05) is 37.0 Å². The van der Waals surface area contributed by atoms with Gasteiger partial charge in [-0.3, -0.25) is 9.79 Å². The second kappa shape index (κ2) is 10.3.